The molecule has 17 heavy (non-hydrogen) atoms. The number of methoxy groups -OCH3 is 1. The molecule has 1 rings (SSSR count). The van der Waals surface area contributed by atoms with E-state index in [1.165, 1.54) is 7.11 Å². The summed E-state index contributed by atoms with van der Waals surface area (Å²) in [6.45, 7) is 0. The van der Waals surface area contributed by atoms with Gasteiger partial charge in [-0.3, -0.25) is 4.79 Å². The molecule has 0 aromatic heterocycles. The number of allylic oxidation sites excluding steroid dienone is 1. The number of amides is 1. The highest BCUT2D eigenvalue weighted by Gasteiger charge is 2.01. The Morgan fingerprint density at radius 3 is 2.88 bits per heavy atom. The van der Waals surface area contributed by atoms with Crippen LogP contribution in [0, 0.1) is 0 Å². The number of nitrogens with one attached hydrogen (secondary N) is 1. The number of ether oxygens (including phenoxy) is 1. The molecule has 90 valence electrons. The zero-order valence-electron chi connectivity index (χ0n) is 9.25. The van der Waals surface area contributed by atoms with Gasteiger partial charge in [0.2, 0.25) is 0 Å². The van der Waals surface area contributed by atoms with Gasteiger partial charge in [-0.1, -0.05) is 6.07 Å². The van der Waals surface area contributed by atoms with E-state index in [9.17, 15) is 4.79 Å². The zero-order chi connectivity index (χ0) is 12.7. The van der Waals surface area contributed by atoms with E-state index >= 15 is 0 Å². The first-order chi connectivity index (χ1) is 8.15. The fourth-order valence-electron chi connectivity index (χ4n) is 1.14. The van der Waals surface area contributed by atoms with E-state index in [2.05, 4.69) is 5.32 Å². The number of aliphatic hydroxyl groups excluding tert-OH is 2. The van der Waals surface area contributed by atoms with Gasteiger partial charge in [0.15, 0.2) is 0 Å². The molecular formula is C12H13NO4. The quantitative estimate of drug-likeness (QED) is 0.424. The molecule has 0 radical (unpaired) electrons. The molecule has 0 aliphatic rings. The second-order valence-corrected chi connectivity index (χ2v) is 3.11. The summed E-state index contributed by atoms with van der Waals surface area (Å²) in [6, 6.07) is 6.81. The van der Waals surface area contributed by atoms with Crippen LogP contribution in [0.4, 0.5) is 5.69 Å². The Bertz CT molecular complexity index is 452. The molecule has 0 heterocycles. The Morgan fingerprint density at radius 2 is 2.24 bits per heavy atom. The lowest BCUT2D eigenvalue weighted by molar-refractivity contribution is -0.112. The average Bonchev–Trinajstić information content (AvgIpc) is 2.29. The van der Waals surface area contributed by atoms with Crippen LogP contribution in [0.1, 0.15) is 0 Å². The van der Waals surface area contributed by atoms with Gasteiger partial charge in [0.05, 0.1) is 13.4 Å². The van der Waals surface area contributed by atoms with Crippen LogP contribution in [0.3, 0.4) is 0 Å². The molecule has 1 amide bonds. The summed E-state index contributed by atoms with van der Waals surface area (Å²) in [4.78, 5) is 11.4. The molecule has 0 aliphatic carbocycles. The third kappa shape index (κ3) is 4.29. The molecule has 5 heteroatoms. The van der Waals surface area contributed by atoms with Gasteiger partial charge in [-0.15, -0.1) is 0 Å². The van der Waals surface area contributed by atoms with Crippen LogP contribution in [0.5, 0.6) is 5.75 Å². The first-order valence-electron chi connectivity index (χ1n) is 4.82. The molecule has 3 N–H and O–H groups in total. The van der Waals surface area contributed by atoms with Crippen LogP contribution in [0.2, 0.25) is 0 Å². The zero-order valence-corrected chi connectivity index (χ0v) is 9.25. The molecule has 0 spiro atoms. The van der Waals surface area contributed by atoms with Crippen LogP contribution < -0.4 is 10.1 Å². The van der Waals surface area contributed by atoms with Crippen molar-refractivity contribution in [2.45, 2.75) is 0 Å². The summed E-state index contributed by atoms with van der Waals surface area (Å²) in [5, 5.41) is 20.0. The third-order valence-corrected chi connectivity index (χ3v) is 1.86. The molecule has 0 unspecified atom stereocenters. The van der Waals surface area contributed by atoms with Gasteiger partial charge in [-0.25, -0.2) is 0 Å². The fourth-order valence-corrected chi connectivity index (χ4v) is 1.14. The predicted molar refractivity (Wildman–Crippen MR) is 64.1 cm³/mol. The lowest BCUT2D eigenvalue weighted by Crippen LogP contribution is -2.08. The van der Waals surface area contributed by atoms with Gasteiger partial charge in [-0.05, 0) is 12.1 Å². The van der Waals surface area contributed by atoms with Crippen molar-refractivity contribution in [3.05, 3.63) is 48.4 Å². The molecular weight excluding hydrogens is 222 g/mol. The minimum Gasteiger partial charge on any atom is -0.515 e. The maximum absolute atomic E-state index is 11.4. The van der Waals surface area contributed by atoms with E-state index in [0.29, 0.717) is 17.7 Å². The number of carbonyl (C=O) groups is 1. The van der Waals surface area contributed by atoms with Gasteiger partial charge in [0.25, 0.3) is 5.91 Å². The van der Waals surface area contributed by atoms with Gasteiger partial charge < -0.3 is 20.3 Å². The number of aliphatic hydroxyl groups is 2. The molecule has 1 aromatic carbocycles. The Morgan fingerprint density at radius 1 is 1.47 bits per heavy atom. The molecule has 1 aromatic rings. The Labute approximate surface area is 98.7 Å². The molecule has 0 saturated heterocycles. The number of benzene rings is 1. The summed E-state index contributed by atoms with van der Waals surface area (Å²) in [7, 11) is 1.53. The van der Waals surface area contributed by atoms with Crippen LogP contribution in [-0.2, 0) is 4.79 Å². The number of rotatable bonds is 4. The largest absolute Gasteiger partial charge is 0.515 e. The van der Waals surface area contributed by atoms with Crippen molar-refractivity contribution in [1.29, 1.82) is 0 Å². The topological polar surface area (TPSA) is 78.8 Å². The number of anilines is 1. The van der Waals surface area contributed by atoms with E-state index in [-0.39, 0.29) is 5.76 Å². The Hall–Kier alpha value is -2.43. The Balaban J connectivity index is 2.71. The van der Waals surface area contributed by atoms with Crippen molar-refractivity contribution in [2.24, 2.45) is 0 Å². The van der Waals surface area contributed by atoms with Crippen molar-refractivity contribution >= 4 is 11.6 Å². The number of hydrogen-bond donors (Lipinski definition) is 3. The van der Waals surface area contributed by atoms with Crippen LogP contribution >= 0.6 is 0 Å². The number of hydrogen-bond acceptors (Lipinski definition) is 4. The summed E-state index contributed by atoms with van der Waals surface area (Å²) in [6.07, 6.45) is 2.59. The van der Waals surface area contributed by atoms with E-state index in [1.54, 1.807) is 24.3 Å². The normalized spacial score (nSPS) is 11.5. The van der Waals surface area contributed by atoms with Gasteiger partial charge in [0, 0.05) is 23.9 Å². The van der Waals surface area contributed by atoms with E-state index in [4.69, 9.17) is 14.9 Å². The number of carbonyl (C=O) groups excluding carboxylic acids is 1. The second kappa shape index (κ2) is 6.22. The van der Waals surface area contributed by atoms with Gasteiger partial charge >= 0.3 is 0 Å². The van der Waals surface area contributed by atoms with Crippen LogP contribution in [-0.4, -0.2) is 23.2 Å². The van der Waals surface area contributed by atoms with Gasteiger partial charge in [-0.2, -0.15) is 0 Å². The highest BCUT2D eigenvalue weighted by molar-refractivity contribution is 5.99. The minimum absolute atomic E-state index is 0.340. The lowest BCUT2D eigenvalue weighted by atomic mass is 10.3. The SMILES string of the molecule is COc1cccc(NC(=O)/C=C(O)/C=C\O)c1. The van der Waals surface area contributed by atoms with Crippen LogP contribution in [0.25, 0.3) is 0 Å². The Kier molecular flexibility index (Phi) is 4.62. The van der Waals surface area contributed by atoms with Gasteiger partial charge in [0.1, 0.15) is 11.5 Å². The molecule has 0 saturated carbocycles. The van der Waals surface area contributed by atoms with Crippen molar-refractivity contribution in [2.75, 3.05) is 12.4 Å². The second-order valence-electron chi connectivity index (χ2n) is 3.11. The summed E-state index contributed by atoms with van der Waals surface area (Å²) in [5.74, 6) is -0.229. The maximum Gasteiger partial charge on any atom is 0.252 e. The van der Waals surface area contributed by atoms with Crippen molar-refractivity contribution in [1.82, 2.24) is 0 Å². The smallest absolute Gasteiger partial charge is 0.252 e. The summed E-state index contributed by atoms with van der Waals surface area (Å²) < 4.78 is 5.00. The maximum atomic E-state index is 11.4. The predicted octanol–water partition coefficient (Wildman–Crippen LogP) is 2.15. The third-order valence-electron chi connectivity index (χ3n) is 1.86. The van der Waals surface area contributed by atoms with Crippen molar-refractivity contribution in [3.63, 3.8) is 0 Å². The lowest BCUT2D eigenvalue weighted by Gasteiger charge is -2.04. The minimum atomic E-state index is -0.506. The first kappa shape index (κ1) is 12.6. The van der Waals surface area contributed by atoms with Crippen molar-refractivity contribution < 1.29 is 19.7 Å². The fraction of sp³-hybridized carbons (Fsp3) is 0.0833. The molecule has 0 bridgehead atoms. The summed E-state index contributed by atoms with van der Waals surface area (Å²) >= 11 is 0. The monoisotopic (exact) mass is 235 g/mol. The highest BCUT2D eigenvalue weighted by Crippen LogP contribution is 2.16. The highest BCUT2D eigenvalue weighted by atomic mass is 16.5. The van der Waals surface area contributed by atoms with E-state index in [1.807, 2.05) is 0 Å². The van der Waals surface area contributed by atoms with E-state index in [0.717, 1.165) is 12.2 Å². The van der Waals surface area contributed by atoms with Crippen LogP contribution in [0.15, 0.2) is 48.4 Å². The molecule has 0 aliphatic heterocycles. The molecule has 0 atom stereocenters. The molecule has 5 nitrogen and oxygen atoms in total. The first-order valence-corrected chi connectivity index (χ1v) is 4.82. The molecule has 0 fully saturated rings. The summed E-state index contributed by atoms with van der Waals surface area (Å²) in [5.41, 5.74) is 0.548. The average molecular weight is 235 g/mol. The van der Waals surface area contributed by atoms with Crippen molar-refractivity contribution in [3.8, 4) is 5.75 Å². The standard InChI is InChI=1S/C12H13NO4/c1-17-11-4-2-3-9(7-11)13-12(16)8-10(15)5-6-14/h2-8,14-15H,1H3,(H,13,16)/b6-5-,10-8-. The van der Waals surface area contributed by atoms with E-state index < -0.39 is 5.91 Å².